The summed E-state index contributed by atoms with van der Waals surface area (Å²) in [6.07, 6.45) is 0.00307. The molecule has 5 N–H and O–H groups in total. The van der Waals surface area contributed by atoms with Crippen molar-refractivity contribution in [3.05, 3.63) is 28.8 Å². The number of carbonyl (C=O) groups is 3. The molecule has 1 aromatic rings. The fourth-order valence-corrected chi connectivity index (χ4v) is 1.71. The van der Waals surface area contributed by atoms with Crippen LogP contribution in [0.2, 0.25) is 5.02 Å². The van der Waals surface area contributed by atoms with Gasteiger partial charge in [0, 0.05) is 0 Å². The lowest BCUT2D eigenvalue weighted by Gasteiger charge is -2.21. The number of carboxylic acids is 2. The molecule has 0 radical (unpaired) electrons. The van der Waals surface area contributed by atoms with Gasteiger partial charge in [-0.15, -0.1) is 0 Å². The highest BCUT2D eigenvalue weighted by molar-refractivity contribution is 6.33. The molecule has 7 nitrogen and oxygen atoms in total. The zero-order chi connectivity index (χ0) is 15.3. The normalized spacial score (nSPS) is 13.3. The van der Waals surface area contributed by atoms with Gasteiger partial charge in [0.25, 0.3) is 0 Å². The van der Waals surface area contributed by atoms with Gasteiger partial charge >= 0.3 is 11.9 Å². The van der Waals surface area contributed by atoms with Crippen molar-refractivity contribution < 1.29 is 24.6 Å². The van der Waals surface area contributed by atoms with Gasteiger partial charge in [0.15, 0.2) is 0 Å². The van der Waals surface area contributed by atoms with Gasteiger partial charge in [0.1, 0.15) is 6.29 Å². The highest BCUT2D eigenvalue weighted by atomic mass is 35.5. The Morgan fingerprint density at radius 3 is 2.55 bits per heavy atom. The standard InChI is InChI=1S/C12H13ClN2O5/c13-7-2-1-6(12(19)20)3-9(7)15-10(4-11(17)18)8(14)5-16/h1-3,5,8,10,15H,4,14H2,(H,17,18)(H,19,20)/t8-,10?/m1/s1. The maximum absolute atomic E-state index is 10.9. The molecular formula is C12H13ClN2O5. The largest absolute Gasteiger partial charge is 0.481 e. The van der Waals surface area contributed by atoms with Gasteiger partial charge in [-0.25, -0.2) is 4.79 Å². The average Bonchev–Trinajstić information content (AvgIpc) is 2.38. The van der Waals surface area contributed by atoms with Crippen molar-refractivity contribution in [2.75, 3.05) is 5.32 Å². The third-order valence-corrected chi connectivity index (χ3v) is 2.90. The molecule has 0 aliphatic carbocycles. The predicted molar refractivity (Wildman–Crippen MR) is 72.1 cm³/mol. The van der Waals surface area contributed by atoms with Crippen LogP contribution in [0.15, 0.2) is 18.2 Å². The van der Waals surface area contributed by atoms with Crippen molar-refractivity contribution in [1.82, 2.24) is 0 Å². The zero-order valence-electron chi connectivity index (χ0n) is 10.2. The summed E-state index contributed by atoms with van der Waals surface area (Å²) in [5.74, 6) is -2.30. The van der Waals surface area contributed by atoms with E-state index in [0.717, 1.165) is 0 Å². The number of aromatic carboxylic acids is 1. The minimum Gasteiger partial charge on any atom is -0.481 e. The number of hydrogen-bond donors (Lipinski definition) is 4. The van der Waals surface area contributed by atoms with Crippen LogP contribution in [-0.2, 0) is 9.59 Å². The Morgan fingerprint density at radius 1 is 1.40 bits per heavy atom. The molecule has 0 aliphatic heterocycles. The lowest BCUT2D eigenvalue weighted by Crippen LogP contribution is -2.43. The topological polar surface area (TPSA) is 130 Å². The monoisotopic (exact) mass is 300 g/mol. The first-order chi connectivity index (χ1) is 9.35. The second-order valence-corrected chi connectivity index (χ2v) is 4.47. The Morgan fingerprint density at radius 2 is 2.05 bits per heavy atom. The highest BCUT2D eigenvalue weighted by Crippen LogP contribution is 2.24. The van der Waals surface area contributed by atoms with Crippen molar-refractivity contribution in [2.45, 2.75) is 18.5 Å². The Labute approximate surface area is 119 Å². The van der Waals surface area contributed by atoms with E-state index in [1.807, 2.05) is 0 Å². The molecule has 8 heteroatoms. The first-order valence-electron chi connectivity index (χ1n) is 5.57. The summed E-state index contributed by atoms with van der Waals surface area (Å²) in [5.41, 5.74) is 5.69. The van der Waals surface area contributed by atoms with Crippen LogP contribution in [0.1, 0.15) is 16.8 Å². The SMILES string of the molecule is N[C@H](C=O)C(CC(=O)O)Nc1cc(C(=O)O)ccc1Cl. The first kappa shape index (κ1) is 15.9. The summed E-state index contributed by atoms with van der Waals surface area (Å²) < 4.78 is 0. The van der Waals surface area contributed by atoms with E-state index >= 15 is 0 Å². The van der Waals surface area contributed by atoms with Crippen molar-refractivity contribution in [3.63, 3.8) is 0 Å². The fourth-order valence-electron chi connectivity index (χ4n) is 1.53. The molecule has 1 unspecified atom stereocenters. The molecule has 2 atom stereocenters. The second-order valence-electron chi connectivity index (χ2n) is 4.06. The number of halogens is 1. The maximum atomic E-state index is 10.9. The zero-order valence-corrected chi connectivity index (χ0v) is 11.0. The van der Waals surface area contributed by atoms with Crippen LogP contribution in [-0.4, -0.2) is 40.5 Å². The molecule has 0 bridgehead atoms. The van der Waals surface area contributed by atoms with Gasteiger partial charge in [-0.3, -0.25) is 4.79 Å². The third kappa shape index (κ3) is 4.22. The summed E-state index contributed by atoms with van der Waals surface area (Å²) in [6, 6.07) is 1.96. The Kier molecular flexibility index (Phi) is 5.48. The summed E-state index contributed by atoms with van der Waals surface area (Å²) in [5, 5.41) is 20.6. The molecule has 108 valence electrons. The van der Waals surface area contributed by atoms with Crippen LogP contribution in [0.4, 0.5) is 5.69 Å². The molecule has 0 aromatic heterocycles. The fraction of sp³-hybridized carbons (Fsp3) is 0.250. The number of nitrogens with one attached hydrogen (secondary N) is 1. The Bertz CT molecular complexity index is 535. The minimum absolute atomic E-state index is 0.0225. The van der Waals surface area contributed by atoms with E-state index in [9.17, 15) is 14.4 Å². The number of hydrogen-bond acceptors (Lipinski definition) is 5. The van der Waals surface area contributed by atoms with Gasteiger partial charge < -0.3 is 26.1 Å². The van der Waals surface area contributed by atoms with Crippen LogP contribution in [0.5, 0.6) is 0 Å². The van der Waals surface area contributed by atoms with Crippen LogP contribution in [0, 0.1) is 0 Å². The maximum Gasteiger partial charge on any atom is 0.335 e. The number of anilines is 1. The molecule has 0 saturated carbocycles. The van der Waals surface area contributed by atoms with E-state index in [2.05, 4.69) is 5.32 Å². The predicted octanol–water partition coefficient (Wildman–Crippen LogP) is 0.820. The molecule has 0 aliphatic rings. The summed E-state index contributed by atoms with van der Waals surface area (Å²) in [7, 11) is 0. The van der Waals surface area contributed by atoms with E-state index in [-0.39, 0.29) is 16.3 Å². The van der Waals surface area contributed by atoms with E-state index in [1.54, 1.807) is 0 Å². The Hall–Kier alpha value is -2.12. The molecular weight excluding hydrogens is 288 g/mol. The third-order valence-electron chi connectivity index (χ3n) is 2.57. The van der Waals surface area contributed by atoms with E-state index in [4.69, 9.17) is 27.5 Å². The molecule has 0 saturated heterocycles. The van der Waals surface area contributed by atoms with Gasteiger partial charge in [-0.1, -0.05) is 11.6 Å². The molecule has 0 amide bonds. The summed E-state index contributed by atoms with van der Waals surface area (Å²) >= 11 is 5.90. The van der Waals surface area contributed by atoms with Gasteiger partial charge in [0.05, 0.1) is 34.8 Å². The van der Waals surface area contributed by atoms with Crippen molar-refractivity contribution in [3.8, 4) is 0 Å². The number of benzene rings is 1. The smallest absolute Gasteiger partial charge is 0.335 e. The highest BCUT2D eigenvalue weighted by Gasteiger charge is 2.21. The number of rotatable bonds is 7. The van der Waals surface area contributed by atoms with Crippen LogP contribution in [0.3, 0.4) is 0 Å². The van der Waals surface area contributed by atoms with E-state index in [0.29, 0.717) is 6.29 Å². The van der Waals surface area contributed by atoms with Gasteiger partial charge in [-0.2, -0.15) is 0 Å². The summed E-state index contributed by atoms with van der Waals surface area (Å²) in [4.78, 5) is 32.3. The van der Waals surface area contributed by atoms with Crippen molar-refractivity contribution in [2.24, 2.45) is 5.73 Å². The minimum atomic E-state index is -1.15. The van der Waals surface area contributed by atoms with Crippen LogP contribution >= 0.6 is 11.6 Å². The van der Waals surface area contributed by atoms with Crippen LogP contribution < -0.4 is 11.1 Å². The quantitative estimate of drug-likeness (QED) is 0.548. The van der Waals surface area contributed by atoms with Gasteiger partial charge in [-0.05, 0) is 18.2 Å². The molecule has 1 rings (SSSR count). The molecule has 0 heterocycles. The van der Waals surface area contributed by atoms with E-state index < -0.39 is 30.4 Å². The van der Waals surface area contributed by atoms with Crippen molar-refractivity contribution in [1.29, 1.82) is 0 Å². The lowest BCUT2D eigenvalue weighted by atomic mass is 10.1. The van der Waals surface area contributed by atoms with Crippen molar-refractivity contribution >= 4 is 35.5 Å². The molecule has 0 fully saturated rings. The number of aldehydes is 1. The lowest BCUT2D eigenvalue weighted by molar-refractivity contribution is -0.137. The summed E-state index contributed by atoms with van der Waals surface area (Å²) in [6.45, 7) is 0. The number of aliphatic carboxylic acids is 1. The van der Waals surface area contributed by atoms with Crippen LogP contribution in [0.25, 0.3) is 0 Å². The number of carbonyl (C=O) groups excluding carboxylic acids is 1. The Balaban J connectivity index is 3.03. The average molecular weight is 301 g/mol. The molecule has 0 spiro atoms. The number of carboxylic acid groups (broad SMARTS) is 2. The number of nitrogens with two attached hydrogens (primary N) is 1. The second kappa shape index (κ2) is 6.88. The molecule has 1 aromatic carbocycles. The van der Waals surface area contributed by atoms with E-state index in [1.165, 1.54) is 18.2 Å². The first-order valence-corrected chi connectivity index (χ1v) is 5.95. The van der Waals surface area contributed by atoms with Gasteiger partial charge in [0.2, 0.25) is 0 Å². The molecule has 20 heavy (non-hydrogen) atoms.